The molecule has 1 saturated heterocycles. The molecule has 1 aliphatic heterocycles. The highest BCUT2D eigenvalue weighted by molar-refractivity contribution is 7.12. The average Bonchev–Trinajstić information content (AvgIpc) is 3.06. The second kappa shape index (κ2) is 6.12. The fourth-order valence-electron chi connectivity index (χ4n) is 2.70. The van der Waals surface area contributed by atoms with Gasteiger partial charge in [0.2, 0.25) is 5.91 Å². The monoisotopic (exact) mass is 332 g/mol. The second-order valence-corrected chi connectivity index (χ2v) is 6.52. The Morgan fingerprint density at radius 2 is 2.09 bits per heavy atom. The van der Waals surface area contributed by atoms with Crippen LogP contribution in [0.5, 0.6) is 0 Å². The molecule has 1 atom stereocenters. The van der Waals surface area contributed by atoms with Gasteiger partial charge < -0.3 is 9.80 Å². The molecular formula is C17H17FN2O2S. The molecule has 6 heteroatoms. The Labute approximate surface area is 138 Å². The number of halogens is 1. The van der Waals surface area contributed by atoms with Gasteiger partial charge in [-0.1, -0.05) is 12.1 Å². The Hall–Kier alpha value is -2.21. The number of benzene rings is 1. The van der Waals surface area contributed by atoms with Crippen LogP contribution in [0.4, 0.5) is 10.1 Å². The summed E-state index contributed by atoms with van der Waals surface area (Å²) >= 11 is 1.36. The van der Waals surface area contributed by atoms with E-state index >= 15 is 0 Å². The van der Waals surface area contributed by atoms with E-state index in [2.05, 4.69) is 0 Å². The molecule has 1 unspecified atom stereocenters. The summed E-state index contributed by atoms with van der Waals surface area (Å²) in [6, 6.07) is 7.77. The molecule has 0 N–H and O–H groups in total. The number of aryl methyl sites for hydroxylation is 1. The van der Waals surface area contributed by atoms with Crippen molar-refractivity contribution in [2.75, 3.05) is 18.0 Å². The van der Waals surface area contributed by atoms with Gasteiger partial charge in [0.1, 0.15) is 11.9 Å². The van der Waals surface area contributed by atoms with Gasteiger partial charge in [-0.2, -0.15) is 0 Å². The number of piperazine rings is 1. The van der Waals surface area contributed by atoms with Gasteiger partial charge in [0, 0.05) is 18.8 Å². The van der Waals surface area contributed by atoms with Crippen LogP contribution in [-0.2, 0) is 4.79 Å². The van der Waals surface area contributed by atoms with Crippen molar-refractivity contribution in [2.24, 2.45) is 0 Å². The van der Waals surface area contributed by atoms with E-state index < -0.39 is 6.04 Å². The molecule has 2 heterocycles. The first-order valence-electron chi connectivity index (χ1n) is 7.41. The molecule has 3 rings (SSSR count). The lowest BCUT2D eigenvalue weighted by molar-refractivity contribution is -0.124. The minimum absolute atomic E-state index is 0.129. The van der Waals surface area contributed by atoms with E-state index in [4.69, 9.17) is 0 Å². The van der Waals surface area contributed by atoms with Crippen molar-refractivity contribution in [3.63, 3.8) is 0 Å². The Morgan fingerprint density at radius 3 is 2.74 bits per heavy atom. The smallest absolute Gasteiger partial charge is 0.264 e. The molecule has 0 radical (unpaired) electrons. The zero-order valence-corrected chi connectivity index (χ0v) is 13.8. The summed E-state index contributed by atoms with van der Waals surface area (Å²) in [5.41, 5.74) is 1.08. The zero-order chi connectivity index (χ0) is 16.6. The standard InChI is InChI=1S/C17H17FN2O2S/c1-11-5-6-13(10-14(11)18)20-8-7-19(12(2)16(20)21)17(22)15-4-3-9-23-15/h3-6,9-10,12H,7-8H2,1-2H3. The van der Waals surface area contributed by atoms with Gasteiger partial charge in [-0.15, -0.1) is 11.3 Å². The van der Waals surface area contributed by atoms with Gasteiger partial charge in [-0.05, 0) is 43.0 Å². The fourth-order valence-corrected chi connectivity index (χ4v) is 3.37. The number of hydrogen-bond donors (Lipinski definition) is 0. The van der Waals surface area contributed by atoms with E-state index in [1.807, 2.05) is 11.4 Å². The van der Waals surface area contributed by atoms with Crippen LogP contribution in [0.1, 0.15) is 22.2 Å². The van der Waals surface area contributed by atoms with Crippen LogP contribution < -0.4 is 4.90 Å². The fraction of sp³-hybridized carbons (Fsp3) is 0.294. The number of rotatable bonds is 2. The molecule has 1 aromatic carbocycles. The number of hydrogen-bond acceptors (Lipinski definition) is 3. The maximum Gasteiger partial charge on any atom is 0.264 e. The summed E-state index contributed by atoms with van der Waals surface area (Å²) in [6.07, 6.45) is 0. The Balaban J connectivity index is 1.81. The first kappa shape index (κ1) is 15.7. The normalized spacial score (nSPS) is 18.4. The summed E-state index contributed by atoms with van der Waals surface area (Å²) in [6.45, 7) is 4.19. The molecule has 1 aliphatic rings. The van der Waals surface area contributed by atoms with Gasteiger partial charge in [-0.25, -0.2) is 4.39 Å². The number of nitrogens with zero attached hydrogens (tertiary/aromatic N) is 2. The third-order valence-electron chi connectivity index (χ3n) is 4.12. The Morgan fingerprint density at radius 1 is 1.30 bits per heavy atom. The molecule has 2 aromatic rings. The second-order valence-electron chi connectivity index (χ2n) is 5.58. The lowest BCUT2D eigenvalue weighted by atomic mass is 10.1. The summed E-state index contributed by atoms with van der Waals surface area (Å²) in [5, 5.41) is 1.84. The van der Waals surface area contributed by atoms with E-state index in [0.29, 0.717) is 29.2 Å². The van der Waals surface area contributed by atoms with Crippen LogP contribution >= 0.6 is 11.3 Å². The van der Waals surface area contributed by atoms with Crippen molar-refractivity contribution in [3.05, 3.63) is 52.0 Å². The Kier molecular flexibility index (Phi) is 4.17. The van der Waals surface area contributed by atoms with Crippen molar-refractivity contribution < 1.29 is 14.0 Å². The first-order chi connectivity index (χ1) is 11.0. The first-order valence-corrected chi connectivity index (χ1v) is 8.29. The third kappa shape index (κ3) is 2.86. The molecule has 120 valence electrons. The highest BCUT2D eigenvalue weighted by Gasteiger charge is 2.35. The molecule has 1 fully saturated rings. The number of thiophene rings is 1. The molecular weight excluding hydrogens is 315 g/mol. The van der Waals surface area contributed by atoms with E-state index in [9.17, 15) is 14.0 Å². The summed E-state index contributed by atoms with van der Waals surface area (Å²) in [5.74, 6) is -0.653. The van der Waals surface area contributed by atoms with Crippen LogP contribution in [0.25, 0.3) is 0 Å². The summed E-state index contributed by atoms with van der Waals surface area (Å²) in [4.78, 5) is 28.8. The minimum Gasteiger partial charge on any atom is -0.324 e. The number of carbonyl (C=O) groups is 2. The molecule has 23 heavy (non-hydrogen) atoms. The number of carbonyl (C=O) groups excluding carboxylic acids is 2. The third-order valence-corrected chi connectivity index (χ3v) is 4.97. The quantitative estimate of drug-likeness (QED) is 0.848. The lowest BCUT2D eigenvalue weighted by Crippen LogP contribution is -2.57. The molecule has 4 nitrogen and oxygen atoms in total. The average molecular weight is 332 g/mol. The predicted octanol–water partition coefficient (Wildman–Crippen LogP) is 3.07. The highest BCUT2D eigenvalue weighted by Crippen LogP contribution is 2.24. The molecule has 0 aliphatic carbocycles. The van der Waals surface area contributed by atoms with E-state index in [-0.39, 0.29) is 17.6 Å². The van der Waals surface area contributed by atoms with Gasteiger partial charge in [0.15, 0.2) is 0 Å². The van der Waals surface area contributed by atoms with Gasteiger partial charge >= 0.3 is 0 Å². The van der Waals surface area contributed by atoms with Crippen LogP contribution in [0, 0.1) is 12.7 Å². The van der Waals surface area contributed by atoms with Gasteiger partial charge in [0.05, 0.1) is 4.88 Å². The van der Waals surface area contributed by atoms with Crippen molar-refractivity contribution >= 4 is 28.8 Å². The highest BCUT2D eigenvalue weighted by atomic mass is 32.1. The van der Waals surface area contributed by atoms with Gasteiger partial charge in [-0.3, -0.25) is 9.59 Å². The number of anilines is 1. The molecule has 0 saturated carbocycles. The Bertz CT molecular complexity index is 745. The van der Waals surface area contributed by atoms with Gasteiger partial charge in [0.25, 0.3) is 5.91 Å². The van der Waals surface area contributed by atoms with Crippen LogP contribution in [0.15, 0.2) is 35.7 Å². The zero-order valence-electron chi connectivity index (χ0n) is 13.0. The predicted molar refractivity (Wildman–Crippen MR) is 88.3 cm³/mol. The van der Waals surface area contributed by atoms with Crippen molar-refractivity contribution in [1.29, 1.82) is 0 Å². The molecule has 0 bridgehead atoms. The number of amides is 2. The van der Waals surface area contributed by atoms with E-state index in [0.717, 1.165) is 0 Å². The van der Waals surface area contributed by atoms with Crippen molar-refractivity contribution in [2.45, 2.75) is 19.9 Å². The summed E-state index contributed by atoms with van der Waals surface area (Å²) in [7, 11) is 0. The van der Waals surface area contributed by atoms with E-state index in [1.165, 1.54) is 17.4 Å². The van der Waals surface area contributed by atoms with Crippen molar-refractivity contribution in [3.8, 4) is 0 Å². The lowest BCUT2D eigenvalue weighted by Gasteiger charge is -2.39. The molecule has 1 aromatic heterocycles. The van der Waals surface area contributed by atoms with Crippen molar-refractivity contribution in [1.82, 2.24) is 4.90 Å². The van der Waals surface area contributed by atoms with Crippen LogP contribution in [0.2, 0.25) is 0 Å². The minimum atomic E-state index is -0.567. The maximum atomic E-state index is 13.7. The topological polar surface area (TPSA) is 40.6 Å². The maximum absolute atomic E-state index is 13.7. The molecule has 0 spiro atoms. The molecule has 2 amide bonds. The van der Waals surface area contributed by atoms with E-state index in [1.54, 1.807) is 41.8 Å². The summed E-state index contributed by atoms with van der Waals surface area (Å²) < 4.78 is 13.7. The van der Waals surface area contributed by atoms with Crippen LogP contribution in [-0.4, -0.2) is 35.8 Å². The SMILES string of the molecule is Cc1ccc(N2CCN(C(=O)c3cccs3)C(C)C2=O)cc1F. The largest absolute Gasteiger partial charge is 0.324 e. The van der Waals surface area contributed by atoms with Crippen LogP contribution in [0.3, 0.4) is 0 Å².